The third-order valence-electron chi connectivity index (χ3n) is 4.39. The van der Waals surface area contributed by atoms with Crippen molar-refractivity contribution in [3.8, 4) is 18.0 Å². The Morgan fingerprint density at radius 2 is 2.09 bits per heavy atom. The van der Waals surface area contributed by atoms with Crippen molar-refractivity contribution in [2.75, 3.05) is 19.6 Å². The largest absolute Gasteiger partial charge is 0.343 e. The Hall–Kier alpha value is -2.15. The number of nitrogens with one attached hydrogen (secondary N) is 1. The van der Waals surface area contributed by atoms with Gasteiger partial charge in [-0.25, -0.2) is 4.48 Å². The van der Waals surface area contributed by atoms with Gasteiger partial charge in [-0.1, -0.05) is 28.1 Å². The highest BCUT2D eigenvalue weighted by Crippen LogP contribution is 2.32. The van der Waals surface area contributed by atoms with E-state index in [2.05, 4.69) is 39.3 Å². The molecule has 1 N–H and O–H groups in total. The molecule has 23 heavy (non-hydrogen) atoms. The molecule has 1 saturated heterocycles. The Balaban J connectivity index is 1.61. The highest BCUT2D eigenvalue weighted by atomic mass is 79.9. The minimum Gasteiger partial charge on any atom is -0.343 e. The van der Waals surface area contributed by atoms with Gasteiger partial charge in [0.2, 0.25) is 0 Å². The van der Waals surface area contributed by atoms with Gasteiger partial charge in [0.25, 0.3) is 5.91 Å². The van der Waals surface area contributed by atoms with Gasteiger partial charge >= 0.3 is 0 Å². The predicted molar refractivity (Wildman–Crippen MR) is 86.8 cm³/mol. The van der Waals surface area contributed by atoms with Crippen LogP contribution in [0.5, 0.6) is 0 Å². The van der Waals surface area contributed by atoms with Gasteiger partial charge < -0.3 is 5.32 Å². The van der Waals surface area contributed by atoms with E-state index < -0.39 is 0 Å². The maximum absolute atomic E-state index is 12.4. The molecular weight excluding hydrogens is 358 g/mol. The molecule has 1 spiro atoms. The van der Waals surface area contributed by atoms with Crippen LogP contribution in [-0.2, 0) is 4.79 Å². The van der Waals surface area contributed by atoms with Crippen molar-refractivity contribution >= 4 is 27.6 Å². The van der Waals surface area contributed by atoms with E-state index in [-0.39, 0.29) is 30.2 Å². The van der Waals surface area contributed by atoms with Crippen LogP contribution in [0.3, 0.4) is 0 Å². The lowest BCUT2D eigenvalue weighted by Crippen LogP contribution is -2.58. The molecule has 5 nitrogen and oxygen atoms in total. The van der Waals surface area contributed by atoms with Crippen molar-refractivity contribution < 1.29 is 14.1 Å². The second kappa shape index (κ2) is 6.16. The Morgan fingerprint density at radius 1 is 1.39 bits per heavy atom. The minimum absolute atomic E-state index is 0.0401. The van der Waals surface area contributed by atoms with Crippen molar-refractivity contribution in [2.45, 2.75) is 12.5 Å². The zero-order valence-electron chi connectivity index (χ0n) is 12.4. The molecule has 0 aliphatic carbocycles. The molecule has 1 fully saturated rings. The lowest BCUT2D eigenvalue weighted by molar-refractivity contribution is -0.871. The number of hydrogen-bond donors (Lipinski definition) is 1. The summed E-state index contributed by atoms with van der Waals surface area (Å²) < 4.78 is 1.27. The van der Waals surface area contributed by atoms with Crippen molar-refractivity contribution in [3.63, 3.8) is 0 Å². The zero-order chi connectivity index (χ0) is 16.4. The number of amides is 1. The molecule has 1 aromatic carbocycles. The Kier molecular flexibility index (Phi) is 4.21. The summed E-state index contributed by atoms with van der Waals surface area (Å²) in [6.45, 7) is 1.17. The topological polar surface area (TPSA) is 70.0 Å². The van der Waals surface area contributed by atoms with Crippen LogP contribution in [0.2, 0.25) is 0 Å². The second-order valence-corrected chi connectivity index (χ2v) is 6.80. The van der Waals surface area contributed by atoms with Crippen LogP contribution in [0.15, 0.2) is 28.7 Å². The monoisotopic (exact) mass is 372 g/mol. The SMILES string of the molecule is N#CC1CC(C(=O)NCC(=O)c2ccc(Br)cc2)[N+]2(C#CC2)C1. The number of nitriles is 1. The first kappa shape index (κ1) is 15.7. The van der Waals surface area contributed by atoms with Crippen LogP contribution in [-0.4, -0.2) is 41.8 Å². The predicted octanol–water partition coefficient (Wildman–Crippen LogP) is 1.45. The lowest BCUT2D eigenvalue weighted by Gasteiger charge is -2.34. The average molecular weight is 373 g/mol. The smallest absolute Gasteiger partial charge is 0.279 e. The number of carbonyl (C=O) groups is 2. The normalized spacial score (nSPS) is 27.5. The van der Waals surface area contributed by atoms with Gasteiger partial charge in [0, 0.05) is 22.4 Å². The first-order chi connectivity index (χ1) is 11.0. The molecule has 0 aromatic heterocycles. The van der Waals surface area contributed by atoms with Crippen LogP contribution in [0.25, 0.3) is 0 Å². The molecule has 3 unspecified atom stereocenters. The third-order valence-corrected chi connectivity index (χ3v) is 4.92. The average Bonchev–Trinajstić information content (AvgIpc) is 2.93. The molecule has 0 saturated carbocycles. The summed E-state index contributed by atoms with van der Waals surface area (Å²) in [7, 11) is 0. The van der Waals surface area contributed by atoms with E-state index in [4.69, 9.17) is 5.26 Å². The molecule has 0 bridgehead atoms. The molecule has 2 aliphatic rings. The summed E-state index contributed by atoms with van der Waals surface area (Å²) in [5.74, 6) is 2.45. The van der Waals surface area contributed by atoms with Crippen LogP contribution >= 0.6 is 15.9 Å². The lowest BCUT2D eigenvalue weighted by atomic mass is 10.1. The molecule has 1 amide bonds. The van der Waals surface area contributed by atoms with Crippen molar-refractivity contribution in [2.24, 2.45) is 5.92 Å². The van der Waals surface area contributed by atoms with Gasteiger partial charge in [-0.2, -0.15) is 5.26 Å². The van der Waals surface area contributed by atoms with Gasteiger partial charge in [-0.3, -0.25) is 9.59 Å². The number of halogens is 1. The van der Waals surface area contributed by atoms with E-state index in [1.807, 2.05) is 0 Å². The maximum Gasteiger partial charge on any atom is 0.279 e. The Labute approximate surface area is 143 Å². The van der Waals surface area contributed by atoms with E-state index in [1.165, 1.54) is 0 Å². The highest BCUT2D eigenvalue weighted by molar-refractivity contribution is 9.10. The van der Waals surface area contributed by atoms with Crippen LogP contribution in [0.4, 0.5) is 0 Å². The summed E-state index contributed by atoms with van der Waals surface area (Å²) in [6, 6.07) is 11.9. The molecule has 116 valence electrons. The summed E-state index contributed by atoms with van der Waals surface area (Å²) in [5, 5.41) is 11.8. The first-order valence-electron chi connectivity index (χ1n) is 7.37. The summed E-state index contributed by atoms with van der Waals surface area (Å²) in [4.78, 5) is 24.6. The van der Waals surface area contributed by atoms with Crippen molar-refractivity contribution in [1.82, 2.24) is 5.32 Å². The molecule has 3 rings (SSSR count). The van der Waals surface area contributed by atoms with Crippen molar-refractivity contribution in [1.29, 1.82) is 5.26 Å². The summed E-state index contributed by atoms with van der Waals surface area (Å²) in [5.41, 5.74) is 0.558. The van der Waals surface area contributed by atoms with Crippen molar-refractivity contribution in [3.05, 3.63) is 34.3 Å². The number of ketones is 1. The Morgan fingerprint density at radius 3 is 2.65 bits per heavy atom. The molecule has 2 aliphatic heterocycles. The molecule has 3 atom stereocenters. The molecule has 0 radical (unpaired) electrons. The first-order valence-corrected chi connectivity index (χ1v) is 8.16. The number of hydrogen-bond acceptors (Lipinski definition) is 3. The maximum atomic E-state index is 12.4. The Bertz CT molecular complexity index is 757. The van der Waals surface area contributed by atoms with E-state index in [1.54, 1.807) is 24.3 Å². The standard InChI is InChI=1S/C17H14BrN3O2/c18-14-4-2-13(3-5-14)16(22)10-20-17(23)15-8-12(9-19)11-21(15)6-1-7-21/h2-5,12,15H,6,8,10-11H2/p+1. The molecule has 6 heteroatoms. The number of rotatable bonds is 4. The zero-order valence-corrected chi connectivity index (χ0v) is 14.0. The van der Waals surface area contributed by atoms with Crippen LogP contribution in [0, 0.1) is 29.2 Å². The number of Topliss-reactive ketones (excluding diaryl/α,β-unsaturated/α-hetero) is 1. The number of quaternary nitrogens is 1. The number of carbonyl (C=O) groups excluding carboxylic acids is 2. The van der Waals surface area contributed by atoms with E-state index in [0.29, 0.717) is 29.6 Å². The summed E-state index contributed by atoms with van der Waals surface area (Å²) in [6.07, 6.45) is 0.503. The third kappa shape index (κ3) is 3.01. The van der Waals surface area contributed by atoms with Crippen LogP contribution in [0.1, 0.15) is 16.8 Å². The fourth-order valence-electron chi connectivity index (χ4n) is 3.09. The molecule has 2 heterocycles. The fraction of sp³-hybridized carbons (Fsp3) is 0.353. The quantitative estimate of drug-likeness (QED) is 0.494. The van der Waals surface area contributed by atoms with Gasteiger partial charge in [0.05, 0.1) is 12.6 Å². The molecular formula is C17H15BrN3O2+. The van der Waals surface area contributed by atoms with Gasteiger partial charge in [-0.15, -0.1) is 0 Å². The summed E-state index contributed by atoms with van der Waals surface area (Å²) >= 11 is 3.32. The van der Waals surface area contributed by atoms with Crippen LogP contribution < -0.4 is 5.32 Å². The number of nitrogens with zero attached hydrogens (tertiary/aromatic N) is 2. The van der Waals surface area contributed by atoms with Gasteiger partial charge in [0.1, 0.15) is 18.5 Å². The molecule has 1 aromatic rings. The highest BCUT2D eigenvalue weighted by Gasteiger charge is 2.53. The second-order valence-electron chi connectivity index (χ2n) is 5.89. The van der Waals surface area contributed by atoms with Gasteiger partial charge in [-0.05, 0) is 12.1 Å². The van der Waals surface area contributed by atoms with E-state index in [0.717, 1.165) is 4.47 Å². The van der Waals surface area contributed by atoms with E-state index in [9.17, 15) is 9.59 Å². The number of benzene rings is 1. The van der Waals surface area contributed by atoms with Gasteiger partial charge in [0.15, 0.2) is 18.4 Å². The van der Waals surface area contributed by atoms with E-state index >= 15 is 0 Å². The fourth-order valence-corrected chi connectivity index (χ4v) is 3.36. The minimum atomic E-state index is -0.349.